The lowest BCUT2D eigenvalue weighted by Gasteiger charge is -2.20. The summed E-state index contributed by atoms with van der Waals surface area (Å²) in [6, 6.07) is 19.4. The van der Waals surface area contributed by atoms with Crippen molar-refractivity contribution in [3.8, 4) is 17.2 Å². The molecular weight excluding hydrogens is 460 g/mol. The first-order valence-corrected chi connectivity index (χ1v) is 11.9. The van der Waals surface area contributed by atoms with Gasteiger partial charge in [-0.15, -0.1) is 0 Å². The molecule has 3 aromatic rings. The number of fused-ring (bicyclic) bond motifs is 1. The molecule has 10 heteroatoms. The average Bonchev–Trinajstić information content (AvgIpc) is 3.34. The zero-order valence-electron chi connectivity index (χ0n) is 18.4. The van der Waals surface area contributed by atoms with Crippen LogP contribution in [0.2, 0.25) is 0 Å². The third-order valence-corrected chi connectivity index (χ3v) is 6.94. The Morgan fingerprint density at radius 1 is 1.06 bits per heavy atom. The van der Waals surface area contributed by atoms with Gasteiger partial charge < -0.3 is 24.6 Å². The molecule has 0 bridgehead atoms. The van der Waals surface area contributed by atoms with Gasteiger partial charge in [-0.3, -0.25) is 9.10 Å². The van der Waals surface area contributed by atoms with Crippen molar-refractivity contribution in [2.24, 2.45) is 0 Å². The Kier molecular flexibility index (Phi) is 6.90. The number of nitrogens with zero attached hydrogens (tertiary/aromatic N) is 1. The lowest BCUT2D eigenvalue weighted by atomic mass is 10.2. The molecule has 1 unspecified atom stereocenters. The molecule has 1 aliphatic heterocycles. The number of nitrogens with one attached hydrogen (secondary N) is 1. The smallest absolute Gasteiger partial charge is 0.264 e. The zero-order valence-corrected chi connectivity index (χ0v) is 19.2. The molecule has 2 N–H and O–H groups in total. The molecule has 0 saturated heterocycles. The van der Waals surface area contributed by atoms with Gasteiger partial charge in [-0.1, -0.05) is 24.3 Å². The second kappa shape index (κ2) is 10.0. The van der Waals surface area contributed by atoms with E-state index in [1.54, 1.807) is 48.5 Å². The van der Waals surface area contributed by atoms with Gasteiger partial charge >= 0.3 is 0 Å². The van der Waals surface area contributed by atoms with Crippen molar-refractivity contribution in [3.63, 3.8) is 0 Å². The number of rotatable bonds is 9. The molecule has 0 radical (unpaired) electrons. The molecule has 1 heterocycles. The molecule has 0 spiro atoms. The number of ether oxygens (including phenoxy) is 3. The summed E-state index contributed by atoms with van der Waals surface area (Å²) in [5.41, 5.74) is 0.661. The van der Waals surface area contributed by atoms with Crippen molar-refractivity contribution < 1.29 is 32.5 Å². The first kappa shape index (κ1) is 23.4. The second-order valence-electron chi connectivity index (χ2n) is 7.53. The predicted molar refractivity (Wildman–Crippen MR) is 125 cm³/mol. The first-order chi connectivity index (χ1) is 16.3. The highest BCUT2D eigenvalue weighted by molar-refractivity contribution is 7.92. The normalized spacial score (nSPS) is 13.2. The number of anilines is 1. The summed E-state index contributed by atoms with van der Waals surface area (Å²) in [7, 11) is -2.41. The molecule has 4 rings (SSSR count). The SMILES string of the molecule is CN(c1ccccc1)S(=O)(=O)c1cccc(C(=O)NCC(O)COc2ccc3c(c2)OCO3)c1. The van der Waals surface area contributed by atoms with E-state index >= 15 is 0 Å². The van der Waals surface area contributed by atoms with Crippen LogP contribution in [-0.4, -0.2) is 52.5 Å². The number of aliphatic hydroxyl groups excluding tert-OH is 1. The van der Waals surface area contributed by atoms with E-state index in [1.807, 2.05) is 0 Å². The number of para-hydroxylation sites is 1. The topological polar surface area (TPSA) is 114 Å². The number of amides is 1. The highest BCUT2D eigenvalue weighted by Crippen LogP contribution is 2.35. The Labute approximate surface area is 197 Å². The van der Waals surface area contributed by atoms with Crippen molar-refractivity contribution in [2.45, 2.75) is 11.0 Å². The summed E-state index contributed by atoms with van der Waals surface area (Å²) in [4.78, 5) is 12.6. The van der Waals surface area contributed by atoms with Crippen LogP contribution in [0.1, 0.15) is 10.4 Å². The van der Waals surface area contributed by atoms with E-state index in [0.29, 0.717) is 22.9 Å². The summed E-state index contributed by atoms with van der Waals surface area (Å²) in [5.74, 6) is 1.17. The van der Waals surface area contributed by atoms with E-state index in [0.717, 1.165) is 4.31 Å². The van der Waals surface area contributed by atoms with Gasteiger partial charge in [0.05, 0.1) is 10.6 Å². The Balaban J connectivity index is 1.34. The number of hydrogen-bond donors (Lipinski definition) is 2. The standard InChI is InChI=1S/C24H24N2O7S/c1-26(18-7-3-2-4-8-18)34(29,30)21-9-5-6-17(12-21)24(28)25-14-19(27)15-31-20-10-11-22-23(13-20)33-16-32-22/h2-13,19,27H,14-16H2,1H3,(H,25,28). The van der Waals surface area contributed by atoms with Crippen LogP contribution in [0.3, 0.4) is 0 Å². The fraction of sp³-hybridized carbons (Fsp3) is 0.208. The molecule has 1 amide bonds. The molecule has 0 aromatic heterocycles. The molecule has 1 atom stereocenters. The van der Waals surface area contributed by atoms with Crippen LogP contribution in [0, 0.1) is 0 Å². The van der Waals surface area contributed by atoms with Gasteiger partial charge in [0.15, 0.2) is 11.5 Å². The minimum atomic E-state index is -3.86. The van der Waals surface area contributed by atoms with Crippen LogP contribution in [0.25, 0.3) is 0 Å². The van der Waals surface area contributed by atoms with E-state index < -0.39 is 22.0 Å². The number of carbonyl (C=O) groups excluding carboxylic acids is 1. The third-order valence-electron chi connectivity index (χ3n) is 5.16. The minimum Gasteiger partial charge on any atom is -0.491 e. The van der Waals surface area contributed by atoms with E-state index in [1.165, 1.54) is 31.3 Å². The van der Waals surface area contributed by atoms with Gasteiger partial charge in [0, 0.05) is 25.2 Å². The van der Waals surface area contributed by atoms with Crippen molar-refractivity contribution >= 4 is 21.6 Å². The van der Waals surface area contributed by atoms with E-state index in [2.05, 4.69) is 5.32 Å². The summed E-state index contributed by atoms with van der Waals surface area (Å²) < 4.78 is 43.2. The van der Waals surface area contributed by atoms with Crippen LogP contribution < -0.4 is 23.8 Å². The lowest BCUT2D eigenvalue weighted by molar-refractivity contribution is 0.0843. The summed E-state index contributed by atoms with van der Waals surface area (Å²) in [6.07, 6.45) is -0.981. The van der Waals surface area contributed by atoms with Gasteiger partial charge in [-0.25, -0.2) is 8.42 Å². The Hall–Kier alpha value is -3.76. The molecule has 9 nitrogen and oxygen atoms in total. The number of carbonyl (C=O) groups is 1. The maximum atomic E-state index is 13.0. The van der Waals surface area contributed by atoms with Crippen molar-refractivity contribution in [1.82, 2.24) is 5.32 Å². The highest BCUT2D eigenvalue weighted by atomic mass is 32.2. The monoisotopic (exact) mass is 484 g/mol. The maximum Gasteiger partial charge on any atom is 0.264 e. The van der Waals surface area contributed by atoms with Crippen LogP contribution in [0.15, 0.2) is 77.7 Å². The average molecular weight is 485 g/mol. The van der Waals surface area contributed by atoms with Crippen molar-refractivity contribution in [1.29, 1.82) is 0 Å². The van der Waals surface area contributed by atoms with E-state index in [4.69, 9.17) is 14.2 Å². The third kappa shape index (κ3) is 5.24. The number of aliphatic hydroxyl groups is 1. The fourth-order valence-corrected chi connectivity index (χ4v) is 4.51. The lowest BCUT2D eigenvalue weighted by Crippen LogP contribution is -2.35. The highest BCUT2D eigenvalue weighted by Gasteiger charge is 2.22. The molecule has 178 valence electrons. The first-order valence-electron chi connectivity index (χ1n) is 10.5. The molecule has 34 heavy (non-hydrogen) atoms. The van der Waals surface area contributed by atoms with Crippen LogP contribution in [0.5, 0.6) is 17.2 Å². The predicted octanol–water partition coefficient (Wildman–Crippen LogP) is 2.41. The zero-order chi connectivity index (χ0) is 24.1. The largest absolute Gasteiger partial charge is 0.491 e. The molecular formula is C24H24N2O7S. The Bertz CT molecular complexity index is 1270. The van der Waals surface area contributed by atoms with E-state index in [-0.39, 0.29) is 30.4 Å². The molecule has 0 saturated carbocycles. The Morgan fingerprint density at radius 2 is 1.82 bits per heavy atom. The van der Waals surface area contributed by atoms with Gasteiger partial charge in [0.2, 0.25) is 6.79 Å². The number of sulfonamides is 1. The van der Waals surface area contributed by atoms with Gasteiger partial charge in [0.25, 0.3) is 15.9 Å². The van der Waals surface area contributed by atoms with Gasteiger partial charge in [-0.05, 0) is 42.5 Å². The van der Waals surface area contributed by atoms with E-state index in [9.17, 15) is 18.3 Å². The maximum absolute atomic E-state index is 13.0. The molecule has 3 aromatic carbocycles. The molecule has 0 fully saturated rings. The van der Waals surface area contributed by atoms with Crippen molar-refractivity contribution in [3.05, 3.63) is 78.4 Å². The fourth-order valence-electron chi connectivity index (χ4n) is 3.26. The summed E-state index contributed by atoms with van der Waals surface area (Å²) >= 11 is 0. The van der Waals surface area contributed by atoms with Gasteiger partial charge in [-0.2, -0.15) is 0 Å². The van der Waals surface area contributed by atoms with Crippen LogP contribution >= 0.6 is 0 Å². The van der Waals surface area contributed by atoms with Crippen molar-refractivity contribution in [2.75, 3.05) is 31.3 Å². The quantitative estimate of drug-likeness (QED) is 0.479. The second-order valence-corrected chi connectivity index (χ2v) is 9.50. The Morgan fingerprint density at radius 3 is 2.62 bits per heavy atom. The van der Waals surface area contributed by atoms with Crippen LogP contribution in [-0.2, 0) is 10.0 Å². The number of hydrogen-bond acceptors (Lipinski definition) is 7. The summed E-state index contributed by atoms with van der Waals surface area (Å²) in [6.45, 7) is 0.0129. The molecule has 1 aliphatic rings. The van der Waals surface area contributed by atoms with Crippen LogP contribution in [0.4, 0.5) is 5.69 Å². The van der Waals surface area contributed by atoms with Gasteiger partial charge in [0.1, 0.15) is 18.5 Å². The molecule has 0 aliphatic carbocycles. The summed E-state index contributed by atoms with van der Waals surface area (Å²) in [5, 5.41) is 12.8. The minimum absolute atomic E-state index is 0.0156. The number of benzene rings is 3.